The maximum Gasteiger partial charge on any atom is 0.343 e. The quantitative estimate of drug-likeness (QED) is 0.455. The standard InChI is InChI=1S/C23H19ClN4O3/c1-3-31-23(30)18-13-25-28(20-11-14(2)17-9-4-5-10-19(17)26-20)21(18)27-22(29)15-7-6-8-16(24)12-15/h4-13H,3H2,1-2H3,(H,27,29). The van der Waals surface area contributed by atoms with Crippen LogP contribution >= 0.6 is 11.6 Å². The van der Waals surface area contributed by atoms with E-state index in [1.807, 2.05) is 37.3 Å². The van der Waals surface area contributed by atoms with Crippen molar-refractivity contribution in [3.05, 3.63) is 82.5 Å². The molecule has 0 atom stereocenters. The summed E-state index contributed by atoms with van der Waals surface area (Å²) in [6.07, 6.45) is 1.36. The highest BCUT2D eigenvalue weighted by Crippen LogP contribution is 2.25. The largest absolute Gasteiger partial charge is 0.462 e. The van der Waals surface area contributed by atoms with Gasteiger partial charge >= 0.3 is 5.97 Å². The van der Waals surface area contributed by atoms with E-state index < -0.39 is 11.9 Å². The number of nitrogens with zero attached hydrogens (tertiary/aromatic N) is 3. The summed E-state index contributed by atoms with van der Waals surface area (Å²) in [5.74, 6) is -0.390. The molecule has 2 heterocycles. The normalized spacial score (nSPS) is 10.8. The highest BCUT2D eigenvalue weighted by Gasteiger charge is 2.23. The number of para-hydroxylation sites is 1. The Morgan fingerprint density at radius 1 is 1.13 bits per heavy atom. The Labute approximate surface area is 183 Å². The second kappa shape index (κ2) is 8.57. The number of anilines is 1. The average Bonchev–Trinajstić information content (AvgIpc) is 3.17. The lowest BCUT2D eigenvalue weighted by Gasteiger charge is -2.12. The van der Waals surface area contributed by atoms with E-state index in [2.05, 4.69) is 15.4 Å². The number of carbonyl (C=O) groups is 2. The Kier molecular flexibility index (Phi) is 5.68. The highest BCUT2D eigenvalue weighted by molar-refractivity contribution is 6.31. The fourth-order valence-corrected chi connectivity index (χ4v) is 3.44. The number of carbonyl (C=O) groups excluding carboxylic acids is 2. The van der Waals surface area contributed by atoms with E-state index in [1.165, 1.54) is 10.9 Å². The number of aromatic nitrogens is 3. The molecule has 0 saturated carbocycles. The molecule has 0 bridgehead atoms. The van der Waals surface area contributed by atoms with Crippen LogP contribution in [0.3, 0.4) is 0 Å². The summed E-state index contributed by atoms with van der Waals surface area (Å²) in [5.41, 5.74) is 2.24. The Morgan fingerprint density at radius 3 is 2.71 bits per heavy atom. The van der Waals surface area contributed by atoms with Crippen LogP contribution in [-0.4, -0.2) is 33.2 Å². The molecular weight excluding hydrogens is 416 g/mol. The number of aryl methyl sites for hydroxylation is 1. The van der Waals surface area contributed by atoms with Gasteiger partial charge in [-0.3, -0.25) is 4.79 Å². The van der Waals surface area contributed by atoms with Crippen molar-refractivity contribution in [2.24, 2.45) is 0 Å². The molecular formula is C23H19ClN4O3. The van der Waals surface area contributed by atoms with Gasteiger partial charge < -0.3 is 10.1 Å². The predicted molar refractivity (Wildman–Crippen MR) is 119 cm³/mol. The van der Waals surface area contributed by atoms with E-state index in [9.17, 15) is 9.59 Å². The first-order valence-electron chi connectivity index (χ1n) is 9.66. The number of amides is 1. The minimum atomic E-state index is -0.590. The van der Waals surface area contributed by atoms with Crippen molar-refractivity contribution in [1.82, 2.24) is 14.8 Å². The third-order valence-corrected chi connectivity index (χ3v) is 4.94. The van der Waals surface area contributed by atoms with Gasteiger partial charge in [0, 0.05) is 16.0 Å². The Morgan fingerprint density at radius 2 is 1.94 bits per heavy atom. The second-order valence-electron chi connectivity index (χ2n) is 6.82. The Hall–Kier alpha value is -3.71. The van der Waals surface area contributed by atoms with Crippen molar-refractivity contribution in [3.63, 3.8) is 0 Å². The van der Waals surface area contributed by atoms with Crippen molar-refractivity contribution in [2.45, 2.75) is 13.8 Å². The summed E-state index contributed by atoms with van der Waals surface area (Å²) in [5, 5.41) is 8.52. The zero-order valence-electron chi connectivity index (χ0n) is 16.9. The Balaban J connectivity index is 1.82. The van der Waals surface area contributed by atoms with E-state index in [4.69, 9.17) is 16.3 Å². The van der Waals surface area contributed by atoms with Crippen LogP contribution in [0.1, 0.15) is 33.2 Å². The van der Waals surface area contributed by atoms with Gasteiger partial charge in [-0.05, 0) is 49.7 Å². The number of hydrogen-bond donors (Lipinski definition) is 1. The van der Waals surface area contributed by atoms with Gasteiger partial charge in [-0.25, -0.2) is 9.78 Å². The lowest BCUT2D eigenvalue weighted by molar-refractivity contribution is 0.0527. The molecule has 0 aliphatic heterocycles. The number of ether oxygens (including phenoxy) is 1. The molecule has 1 amide bonds. The molecule has 8 heteroatoms. The summed E-state index contributed by atoms with van der Waals surface area (Å²) in [4.78, 5) is 30.0. The van der Waals surface area contributed by atoms with Crippen LogP contribution in [0.4, 0.5) is 5.82 Å². The fraction of sp³-hybridized carbons (Fsp3) is 0.130. The van der Waals surface area contributed by atoms with Crippen LogP contribution in [-0.2, 0) is 4.74 Å². The van der Waals surface area contributed by atoms with Crippen molar-refractivity contribution < 1.29 is 14.3 Å². The molecule has 4 rings (SSSR count). The molecule has 0 saturated heterocycles. The summed E-state index contributed by atoms with van der Waals surface area (Å²) in [6, 6.07) is 16.1. The first-order valence-corrected chi connectivity index (χ1v) is 10.0. The van der Waals surface area contributed by atoms with E-state index in [1.54, 1.807) is 31.2 Å². The molecule has 0 aliphatic carbocycles. The zero-order chi connectivity index (χ0) is 22.0. The number of fused-ring (bicyclic) bond motifs is 1. The molecule has 2 aromatic heterocycles. The molecule has 0 spiro atoms. The first-order chi connectivity index (χ1) is 15.0. The molecule has 0 aliphatic rings. The van der Waals surface area contributed by atoms with Gasteiger partial charge in [-0.15, -0.1) is 0 Å². The maximum atomic E-state index is 12.9. The molecule has 1 N–H and O–H groups in total. The maximum absolute atomic E-state index is 12.9. The van der Waals surface area contributed by atoms with Gasteiger partial charge in [0.05, 0.1) is 18.3 Å². The molecule has 4 aromatic rings. The molecule has 0 radical (unpaired) electrons. The number of rotatable bonds is 5. The number of pyridine rings is 1. The van der Waals surface area contributed by atoms with Gasteiger partial charge in [0.15, 0.2) is 11.6 Å². The SMILES string of the molecule is CCOC(=O)c1cnn(-c2cc(C)c3ccccc3n2)c1NC(=O)c1cccc(Cl)c1. The van der Waals surface area contributed by atoms with Crippen LogP contribution in [0.15, 0.2) is 60.8 Å². The molecule has 7 nitrogen and oxygen atoms in total. The number of halogens is 1. The summed E-state index contributed by atoms with van der Waals surface area (Å²) >= 11 is 6.01. The molecule has 156 valence electrons. The lowest BCUT2D eigenvalue weighted by atomic mass is 10.1. The fourth-order valence-electron chi connectivity index (χ4n) is 3.25. The number of benzene rings is 2. The smallest absolute Gasteiger partial charge is 0.343 e. The third kappa shape index (κ3) is 4.13. The molecule has 0 fully saturated rings. The van der Waals surface area contributed by atoms with Crippen LogP contribution in [0.25, 0.3) is 16.7 Å². The van der Waals surface area contributed by atoms with Crippen molar-refractivity contribution >= 4 is 40.2 Å². The van der Waals surface area contributed by atoms with Crippen molar-refractivity contribution in [3.8, 4) is 5.82 Å². The predicted octanol–water partition coefficient (Wildman–Crippen LogP) is 4.81. The number of nitrogens with one attached hydrogen (secondary N) is 1. The first kappa shape index (κ1) is 20.6. The van der Waals surface area contributed by atoms with Crippen LogP contribution in [0.5, 0.6) is 0 Å². The van der Waals surface area contributed by atoms with Gasteiger partial charge in [0.2, 0.25) is 0 Å². The van der Waals surface area contributed by atoms with Gasteiger partial charge in [0.1, 0.15) is 5.56 Å². The van der Waals surface area contributed by atoms with Crippen molar-refractivity contribution in [2.75, 3.05) is 11.9 Å². The summed E-state index contributed by atoms with van der Waals surface area (Å²) in [7, 11) is 0. The molecule has 0 unspecified atom stereocenters. The minimum Gasteiger partial charge on any atom is -0.462 e. The minimum absolute atomic E-state index is 0.129. The third-order valence-electron chi connectivity index (χ3n) is 4.71. The lowest BCUT2D eigenvalue weighted by Crippen LogP contribution is -2.18. The molecule has 31 heavy (non-hydrogen) atoms. The average molecular weight is 435 g/mol. The van der Waals surface area contributed by atoms with Gasteiger partial charge in [0.25, 0.3) is 5.91 Å². The monoisotopic (exact) mass is 434 g/mol. The van der Waals surface area contributed by atoms with E-state index >= 15 is 0 Å². The van der Waals surface area contributed by atoms with Gasteiger partial charge in [-0.2, -0.15) is 9.78 Å². The van der Waals surface area contributed by atoms with Crippen LogP contribution in [0.2, 0.25) is 5.02 Å². The van der Waals surface area contributed by atoms with E-state index in [-0.39, 0.29) is 18.0 Å². The van der Waals surface area contributed by atoms with Crippen molar-refractivity contribution in [1.29, 1.82) is 0 Å². The van der Waals surface area contributed by atoms with Crippen LogP contribution in [0, 0.1) is 6.92 Å². The van der Waals surface area contributed by atoms with Crippen LogP contribution < -0.4 is 5.32 Å². The van der Waals surface area contributed by atoms with E-state index in [0.717, 1.165) is 16.5 Å². The molecule has 2 aromatic carbocycles. The number of hydrogen-bond acceptors (Lipinski definition) is 5. The number of esters is 1. The highest BCUT2D eigenvalue weighted by atomic mass is 35.5. The topological polar surface area (TPSA) is 86.1 Å². The second-order valence-corrected chi connectivity index (χ2v) is 7.25. The Bertz CT molecular complexity index is 1300. The zero-order valence-corrected chi connectivity index (χ0v) is 17.7. The summed E-state index contributed by atoms with van der Waals surface area (Å²) in [6.45, 7) is 3.87. The van der Waals surface area contributed by atoms with E-state index in [0.29, 0.717) is 16.4 Å². The van der Waals surface area contributed by atoms with Gasteiger partial charge in [-0.1, -0.05) is 35.9 Å². The summed E-state index contributed by atoms with van der Waals surface area (Å²) < 4.78 is 6.56.